The number of rotatable bonds is 3. The molecule has 102 valence electrons. The van der Waals surface area contributed by atoms with Gasteiger partial charge in [-0.1, -0.05) is 30.3 Å². The van der Waals surface area contributed by atoms with Crippen LogP contribution in [0.3, 0.4) is 0 Å². The smallest absolute Gasteiger partial charge is 0.215 e. The number of hydrogen-bond acceptors (Lipinski definition) is 4. The van der Waals surface area contributed by atoms with Crippen LogP contribution in [0.1, 0.15) is 4.88 Å². The van der Waals surface area contributed by atoms with Gasteiger partial charge in [-0.25, -0.2) is 8.42 Å². The molecule has 3 nitrogen and oxygen atoms in total. The van der Waals surface area contributed by atoms with Crippen LogP contribution in [-0.2, 0) is 16.4 Å². The first-order valence-corrected chi connectivity index (χ1v) is 8.44. The zero-order valence-corrected chi connectivity index (χ0v) is 12.2. The molecular weight excluding hydrogens is 290 g/mol. The fourth-order valence-corrected chi connectivity index (χ4v) is 4.73. The van der Waals surface area contributed by atoms with E-state index in [2.05, 4.69) is 0 Å². The van der Waals surface area contributed by atoms with E-state index in [0.29, 0.717) is 15.6 Å². The van der Waals surface area contributed by atoms with Gasteiger partial charge in [0, 0.05) is 11.4 Å². The Kier molecular flexibility index (Phi) is 3.33. The summed E-state index contributed by atoms with van der Waals surface area (Å²) < 4.78 is 25.5. The first kappa shape index (κ1) is 13.3. The Morgan fingerprint density at radius 2 is 1.70 bits per heavy atom. The Morgan fingerprint density at radius 1 is 0.950 bits per heavy atom. The molecule has 0 fully saturated rings. The monoisotopic (exact) mass is 303 g/mol. The van der Waals surface area contributed by atoms with Crippen LogP contribution >= 0.6 is 11.3 Å². The van der Waals surface area contributed by atoms with Gasteiger partial charge in [0.1, 0.15) is 4.21 Å². The lowest BCUT2D eigenvalue weighted by Crippen LogP contribution is -1.99. The molecule has 20 heavy (non-hydrogen) atoms. The molecular formula is C15H13NO2S2. The Bertz CT molecular complexity index is 866. The Morgan fingerprint density at radius 3 is 2.40 bits per heavy atom. The number of fused-ring (bicyclic) bond motifs is 1. The number of nitrogens with two attached hydrogens (primary N) is 1. The quantitative estimate of drug-likeness (QED) is 0.808. The van der Waals surface area contributed by atoms with Crippen molar-refractivity contribution in [1.29, 1.82) is 0 Å². The van der Waals surface area contributed by atoms with Crippen molar-refractivity contribution in [2.24, 2.45) is 5.73 Å². The third-order valence-corrected chi connectivity index (χ3v) is 6.49. The van der Waals surface area contributed by atoms with E-state index in [1.165, 1.54) is 11.3 Å². The van der Waals surface area contributed by atoms with E-state index in [0.717, 1.165) is 15.6 Å². The molecule has 0 aliphatic rings. The summed E-state index contributed by atoms with van der Waals surface area (Å²) in [7, 11) is -3.46. The zero-order valence-electron chi connectivity index (χ0n) is 10.6. The second-order valence-corrected chi connectivity index (χ2v) is 7.78. The third-order valence-electron chi connectivity index (χ3n) is 3.13. The number of hydrogen-bond donors (Lipinski definition) is 1. The van der Waals surface area contributed by atoms with Crippen LogP contribution in [0.25, 0.3) is 10.8 Å². The van der Waals surface area contributed by atoms with Gasteiger partial charge in [-0.2, -0.15) is 0 Å². The maximum Gasteiger partial charge on any atom is 0.215 e. The summed E-state index contributed by atoms with van der Waals surface area (Å²) in [5.41, 5.74) is 5.54. The van der Waals surface area contributed by atoms with Crippen molar-refractivity contribution in [2.75, 3.05) is 0 Å². The van der Waals surface area contributed by atoms with E-state index in [4.69, 9.17) is 5.73 Å². The van der Waals surface area contributed by atoms with E-state index in [9.17, 15) is 8.42 Å². The normalized spacial score (nSPS) is 11.8. The lowest BCUT2D eigenvalue weighted by molar-refractivity contribution is 0.598. The minimum Gasteiger partial charge on any atom is -0.326 e. The standard InChI is InChI=1S/C15H13NO2S2/c16-10-13-6-8-15(19-13)20(17,18)14-7-5-11-3-1-2-4-12(11)9-14/h1-9H,10,16H2. The highest BCUT2D eigenvalue weighted by Gasteiger charge is 2.20. The molecule has 0 saturated heterocycles. The summed E-state index contributed by atoms with van der Waals surface area (Å²) in [6, 6.07) is 16.3. The maximum absolute atomic E-state index is 12.6. The molecule has 0 unspecified atom stereocenters. The lowest BCUT2D eigenvalue weighted by atomic mass is 10.1. The van der Waals surface area contributed by atoms with Gasteiger partial charge in [0.05, 0.1) is 4.90 Å². The average Bonchev–Trinajstić information content (AvgIpc) is 2.96. The predicted octanol–water partition coefficient (Wildman–Crippen LogP) is 3.19. The summed E-state index contributed by atoms with van der Waals surface area (Å²) in [5.74, 6) is 0. The van der Waals surface area contributed by atoms with Crippen LogP contribution < -0.4 is 5.73 Å². The first-order valence-electron chi connectivity index (χ1n) is 6.14. The summed E-state index contributed by atoms with van der Waals surface area (Å²) in [6.07, 6.45) is 0. The van der Waals surface area contributed by atoms with E-state index in [-0.39, 0.29) is 0 Å². The average molecular weight is 303 g/mol. The fraction of sp³-hybridized carbons (Fsp3) is 0.0667. The Balaban J connectivity index is 2.13. The van der Waals surface area contributed by atoms with Crippen molar-refractivity contribution in [3.05, 3.63) is 59.5 Å². The first-order chi connectivity index (χ1) is 9.61. The molecule has 0 amide bonds. The van der Waals surface area contributed by atoms with Crippen molar-refractivity contribution in [3.8, 4) is 0 Å². The SMILES string of the molecule is NCc1ccc(S(=O)(=O)c2ccc3ccccc3c2)s1. The highest BCUT2D eigenvalue weighted by Crippen LogP contribution is 2.29. The van der Waals surface area contributed by atoms with Gasteiger partial charge in [-0.3, -0.25) is 0 Å². The molecule has 0 spiro atoms. The molecule has 5 heteroatoms. The van der Waals surface area contributed by atoms with Crippen LogP contribution in [-0.4, -0.2) is 8.42 Å². The van der Waals surface area contributed by atoms with Crippen LogP contribution in [0.5, 0.6) is 0 Å². The molecule has 0 saturated carbocycles. The minimum absolute atomic E-state index is 0.321. The van der Waals surface area contributed by atoms with Gasteiger partial charge in [0.25, 0.3) is 0 Å². The molecule has 3 aromatic rings. The lowest BCUT2D eigenvalue weighted by Gasteiger charge is -2.04. The van der Waals surface area contributed by atoms with Gasteiger partial charge in [-0.15, -0.1) is 11.3 Å². The Hall–Kier alpha value is -1.69. The van der Waals surface area contributed by atoms with Gasteiger partial charge >= 0.3 is 0 Å². The molecule has 0 aliphatic carbocycles. The molecule has 3 rings (SSSR count). The van der Waals surface area contributed by atoms with Crippen LogP contribution in [0.15, 0.2) is 63.7 Å². The highest BCUT2D eigenvalue weighted by molar-refractivity contribution is 7.93. The van der Waals surface area contributed by atoms with Crippen molar-refractivity contribution in [2.45, 2.75) is 15.6 Å². The zero-order chi connectivity index (χ0) is 14.2. The van der Waals surface area contributed by atoms with Gasteiger partial charge in [0.15, 0.2) is 0 Å². The molecule has 1 heterocycles. The van der Waals surface area contributed by atoms with Gasteiger partial charge in [0.2, 0.25) is 9.84 Å². The van der Waals surface area contributed by atoms with Crippen LogP contribution in [0.4, 0.5) is 0 Å². The second-order valence-electron chi connectivity index (χ2n) is 4.44. The maximum atomic E-state index is 12.6. The summed E-state index contributed by atoms with van der Waals surface area (Å²) in [5, 5.41) is 1.95. The Labute approximate surface area is 121 Å². The largest absolute Gasteiger partial charge is 0.326 e. The topological polar surface area (TPSA) is 60.2 Å². The van der Waals surface area contributed by atoms with Crippen LogP contribution in [0, 0.1) is 0 Å². The molecule has 0 bridgehead atoms. The van der Waals surface area contributed by atoms with Crippen molar-refractivity contribution < 1.29 is 8.42 Å². The summed E-state index contributed by atoms with van der Waals surface area (Å²) in [6.45, 7) is 0.359. The van der Waals surface area contributed by atoms with Gasteiger partial charge in [-0.05, 0) is 35.0 Å². The van der Waals surface area contributed by atoms with Gasteiger partial charge < -0.3 is 5.73 Å². The summed E-state index contributed by atoms with van der Waals surface area (Å²) in [4.78, 5) is 1.19. The summed E-state index contributed by atoms with van der Waals surface area (Å²) >= 11 is 1.23. The van der Waals surface area contributed by atoms with Crippen molar-refractivity contribution in [3.63, 3.8) is 0 Å². The predicted molar refractivity (Wildman–Crippen MR) is 81.6 cm³/mol. The second kappa shape index (κ2) is 5.01. The van der Waals surface area contributed by atoms with Crippen molar-refractivity contribution >= 4 is 31.9 Å². The third kappa shape index (κ3) is 2.24. The number of benzene rings is 2. The molecule has 0 aliphatic heterocycles. The molecule has 2 aromatic carbocycles. The molecule has 0 atom stereocenters. The van der Waals surface area contributed by atoms with E-state index in [1.807, 2.05) is 30.3 Å². The highest BCUT2D eigenvalue weighted by atomic mass is 32.2. The molecule has 1 aromatic heterocycles. The van der Waals surface area contributed by atoms with E-state index >= 15 is 0 Å². The fourth-order valence-electron chi connectivity index (χ4n) is 2.06. The number of sulfone groups is 1. The molecule has 0 radical (unpaired) electrons. The van der Waals surface area contributed by atoms with Crippen molar-refractivity contribution in [1.82, 2.24) is 0 Å². The molecule has 2 N–H and O–H groups in total. The van der Waals surface area contributed by atoms with E-state index in [1.54, 1.807) is 24.3 Å². The number of thiophene rings is 1. The van der Waals surface area contributed by atoms with Crippen LogP contribution in [0.2, 0.25) is 0 Å². The van der Waals surface area contributed by atoms with E-state index < -0.39 is 9.84 Å². The minimum atomic E-state index is -3.46.